The van der Waals surface area contributed by atoms with Gasteiger partial charge in [0.15, 0.2) is 0 Å². The van der Waals surface area contributed by atoms with Gasteiger partial charge in [-0.1, -0.05) is 6.08 Å². The number of methoxy groups -OCH3 is 1. The zero-order chi connectivity index (χ0) is 17.1. The summed E-state index contributed by atoms with van der Waals surface area (Å²) in [4.78, 5) is 19.3. The minimum atomic E-state index is -0.119. The molecule has 24 heavy (non-hydrogen) atoms. The summed E-state index contributed by atoms with van der Waals surface area (Å²) in [5.74, 6) is 1.02. The highest BCUT2D eigenvalue weighted by Gasteiger charge is 2.28. The first-order valence-corrected chi connectivity index (χ1v) is 8.17. The Morgan fingerprint density at radius 3 is 2.88 bits per heavy atom. The predicted octanol–water partition coefficient (Wildman–Crippen LogP) is 2.74. The number of hydrogen-bond donors (Lipinski definition) is 1. The van der Waals surface area contributed by atoms with Crippen LogP contribution in [0.25, 0.3) is 10.9 Å². The molecule has 1 N–H and O–H groups in total. The summed E-state index contributed by atoms with van der Waals surface area (Å²) in [5, 5.41) is 10.0. The summed E-state index contributed by atoms with van der Waals surface area (Å²) in [6.07, 6.45) is 3.91. The van der Waals surface area contributed by atoms with Gasteiger partial charge in [0.1, 0.15) is 5.75 Å². The third-order valence-corrected chi connectivity index (χ3v) is 4.27. The summed E-state index contributed by atoms with van der Waals surface area (Å²) >= 11 is 0. The van der Waals surface area contributed by atoms with Crippen molar-refractivity contribution in [2.75, 3.05) is 26.8 Å². The van der Waals surface area contributed by atoms with Crippen molar-refractivity contribution in [1.29, 1.82) is 0 Å². The quantitative estimate of drug-likeness (QED) is 0.795. The van der Waals surface area contributed by atoms with E-state index < -0.39 is 0 Å². The molecule has 5 heteroatoms. The van der Waals surface area contributed by atoms with Crippen LogP contribution in [0.3, 0.4) is 0 Å². The molecule has 0 radical (unpaired) electrons. The van der Waals surface area contributed by atoms with E-state index in [1.54, 1.807) is 18.1 Å². The van der Waals surface area contributed by atoms with Crippen LogP contribution in [0.2, 0.25) is 0 Å². The number of pyridine rings is 1. The summed E-state index contributed by atoms with van der Waals surface area (Å²) in [6.45, 7) is 4.28. The molecule has 2 aromatic rings. The fraction of sp³-hybridized carbons (Fsp3) is 0.368. The van der Waals surface area contributed by atoms with Crippen molar-refractivity contribution in [3.63, 3.8) is 0 Å². The molecule has 1 aliphatic rings. The van der Waals surface area contributed by atoms with Crippen LogP contribution in [0.15, 0.2) is 36.9 Å². The van der Waals surface area contributed by atoms with Crippen molar-refractivity contribution in [3.05, 3.63) is 48.2 Å². The lowest BCUT2D eigenvalue weighted by Gasteiger charge is -2.21. The molecular weight excluding hydrogens is 304 g/mol. The van der Waals surface area contributed by atoms with Gasteiger partial charge in [0.2, 0.25) is 0 Å². The number of hydrogen-bond acceptors (Lipinski definition) is 4. The first-order valence-electron chi connectivity index (χ1n) is 8.17. The van der Waals surface area contributed by atoms with E-state index in [1.165, 1.54) is 0 Å². The second-order valence-electron chi connectivity index (χ2n) is 6.02. The lowest BCUT2D eigenvalue weighted by molar-refractivity contribution is 0.0744. The number of fused-ring (bicyclic) bond motifs is 1. The third kappa shape index (κ3) is 3.26. The van der Waals surface area contributed by atoms with E-state index in [1.807, 2.05) is 24.3 Å². The second-order valence-corrected chi connectivity index (χ2v) is 6.02. The van der Waals surface area contributed by atoms with Crippen molar-refractivity contribution in [2.45, 2.75) is 18.8 Å². The van der Waals surface area contributed by atoms with Crippen LogP contribution in [-0.2, 0) is 0 Å². The zero-order valence-corrected chi connectivity index (χ0v) is 13.9. The van der Waals surface area contributed by atoms with E-state index >= 15 is 0 Å². The Morgan fingerprint density at radius 1 is 1.46 bits per heavy atom. The number of carbonyl (C=O) groups excluding carboxylic acids is 1. The minimum absolute atomic E-state index is 0.0819. The van der Waals surface area contributed by atoms with Gasteiger partial charge in [0.25, 0.3) is 5.91 Å². The van der Waals surface area contributed by atoms with E-state index in [0.717, 1.165) is 29.4 Å². The van der Waals surface area contributed by atoms with Crippen molar-refractivity contribution in [2.24, 2.45) is 0 Å². The molecule has 1 heterocycles. The maximum Gasteiger partial charge on any atom is 0.254 e. The number of rotatable bonds is 7. The molecule has 0 atom stereocenters. The van der Waals surface area contributed by atoms with Gasteiger partial charge < -0.3 is 14.7 Å². The topological polar surface area (TPSA) is 62.7 Å². The Labute approximate surface area is 141 Å². The molecule has 1 aromatic carbocycles. The highest BCUT2D eigenvalue weighted by atomic mass is 16.5. The summed E-state index contributed by atoms with van der Waals surface area (Å²) in [6, 6.07) is 7.49. The van der Waals surface area contributed by atoms with Crippen LogP contribution in [0.4, 0.5) is 0 Å². The number of nitrogens with zero attached hydrogens (tertiary/aromatic N) is 2. The highest BCUT2D eigenvalue weighted by molar-refractivity contribution is 6.06. The molecule has 0 bridgehead atoms. The third-order valence-electron chi connectivity index (χ3n) is 4.27. The van der Waals surface area contributed by atoms with Gasteiger partial charge in [-0.25, -0.2) is 0 Å². The fourth-order valence-electron chi connectivity index (χ4n) is 2.84. The molecule has 1 saturated carbocycles. The predicted molar refractivity (Wildman–Crippen MR) is 93.5 cm³/mol. The second kappa shape index (κ2) is 7.01. The number of aliphatic hydroxyl groups excluding tert-OH is 1. The first-order chi connectivity index (χ1) is 11.7. The van der Waals surface area contributed by atoms with Gasteiger partial charge in [-0.15, -0.1) is 6.58 Å². The molecule has 1 aromatic heterocycles. The average molecular weight is 326 g/mol. The maximum atomic E-state index is 13.0. The number of amides is 1. The van der Waals surface area contributed by atoms with Gasteiger partial charge in [-0.3, -0.25) is 9.78 Å². The molecule has 5 nitrogen and oxygen atoms in total. The SMILES string of the molecule is C=CCN(CCO)C(=O)c1cc(C2CC2)nc2ccc(OC)cc12. The Kier molecular flexibility index (Phi) is 4.81. The normalized spacial score (nSPS) is 13.8. The molecule has 1 aliphatic carbocycles. The van der Waals surface area contributed by atoms with E-state index in [4.69, 9.17) is 9.72 Å². The Hall–Kier alpha value is -2.40. The van der Waals surface area contributed by atoms with E-state index in [2.05, 4.69) is 6.58 Å². The molecule has 1 amide bonds. The minimum Gasteiger partial charge on any atom is -0.497 e. The molecule has 126 valence electrons. The zero-order valence-electron chi connectivity index (χ0n) is 13.9. The lowest BCUT2D eigenvalue weighted by atomic mass is 10.0. The van der Waals surface area contributed by atoms with Crippen molar-refractivity contribution < 1.29 is 14.6 Å². The van der Waals surface area contributed by atoms with Gasteiger partial charge >= 0.3 is 0 Å². The first kappa shape index (κ1) is 16.5. The summed E-state index contributed by atoms with van der Waals surface area (Å²) in [5.41, 5.74) is 2.38. The smallest absolute Gasteiger partial charge is 0.254 e. The van der Waals surface area contributed by atoms with E-state index in [-0.39, 0.29) is 19.1 Å². The van der Waals surface area contributed by atoms with Crippen molar-refractivity contribution in [3.8, 4) is 5.75 Å². The van der Waals surface area contributed by atoms with Crippen LogP contribution in [0.1, 0.15) is 34.8 Å². The fourth-order valence-corrected chi connectivity index (χ4v) is 2.84. The standard InChI is InChI=1S/C19H22N2O3/c1-3-8-21(9-10-22)19(23)16-12-18(13-4-5-13)20-17-7-6-14(24-2)11-15(16)17/h3,6-7,11-13,22H,1,4-5,8-10H2,2H3. The van der Waals surface area contributed by atoms with Gasteiger partial charge in [0.05, 0.1) is 24.8 Å². The molecule has 0 spiro atoms. The van der Waals surface area contributed by atoms with E-state index in [0.29, 0.717) is 23.8 Å². The Balaban J connectivity index is 2.11. The Morgan fingerprint density at radius 2 is 2.25 bits per heavy atom. The van der Waals surface area contributed by atoms with Crippen LogP contribution < -0.4 is 4.74 Å². The average Bonchev–Trinajstić information content (AvgIpc) is 3.44. The molecule has 3 rings (SSSR count). The van der Waals surface area contributed by atoms with Crippen LogP contribution in [0.5, 0.6) is 5.75 Å². The van der Waals surface area contributed by atoms with Crippen LogP contribution in [0, 0.1) is 0 Å². The molecule has 1 fully saturated rings. The number of aliphatic hydroxyl groups is 1. The molecule has 0 aliphatic heterocycles. The van der Waals surface area contributed by atoms with Gasteiger partial charge in [-0.05, 0) is 37.1 Å². The lowest BCUT2D eigenvalue weighted by Crippen LogP contribution is -2.34. The van der Waals surface area contributed by atoms with Gasteiger partial charge in [-0.2, -0.15) is 0 Å². The molecular formula is C19H22N2O3. The summed E-state index contributed by atoms with van der Waals surface area (Å²) in [7, 11) is 1.60. The van der Waals surface area contributed by atoms with E-state index in [9.17, 15) is 9.90 Å². The highest BCUT2D eigenvalue weighted by Crippen LogP contribution is 2.40. The van der Waals surface area contributed by atoms with Crippen LogP contribution >= 0.6 is 0 Å². The largest absolute Gasteiger partial charge is 0.497 e. The Bertz CT molecular complexity index is 769. The number of aromatic nitrogens is 1. The van der Waals surface area contributed by atoms with Crippen molar-refractivity contribution in [1.82, 2.24) is 9.88 Å². The molecule has 0 saturated heterocycles. The van der Waals surface area contributed by atoms with Crippen LogP contribution in [-0.4, -0.2) is 47.7 Å². The summed E-state index contributed by atoms with van der Waals surface area (Å²) < 4.78 is 5.29. The number of benzene rings is 1. The molecule has 0 unspecified atom stereocenters. The van der Waals surface area contributed by atoms with Gasteiger partial charge in [0, 0.05) is 30.1 Å². The monoisotopic (exact) mass is 326 g/mol. The number of carbonyl (C=O) groups is 1. The maximum absolute atomic E-state index is 13.0. The number of ether oxygens (including phenoxy) is 1. The van der Waals surface area contributed by atoms with Crippen molar-refractivity contribution >= 4 is 16.8 Å².